The molecule has 0 aromatic heterocycles. The first-order valence-electron chi connectivity index (χ1n) is 8.07. The summed E-state index contributed by atoms with van der Waals surface area (Å²) in [5, 5.41) is 3.36. The van der Waals surface area contributed by atoms with Crippen molar-refractivity contribution in [1.29, 1.82) is 0 Å². The van der Waals surface area contributed by atoms with Crippen molar-refractivity contribution in [3.63, 3.8) is 0 Å². The van der Waals surface area contributed by atoms with Crippen molar-refractivity contribution < 1.29 is 9.18 Å². The van der Waals surface area contributed by atoms with Crippen LogP contribution in [0.3, 0.4) is 0 Å². The van der Waals surface area contributed by atoms with Gasteiger partial charge in [0.05, 0.1) is 0 Å². The summed E-state index contributed by atoms with van der Waals surface area (Å²) in [6.45, 7) is 9.18. The number of carbonyl (C=O) groups excluding carboxylic acids is 1. The van der Waals surface area contributed by atoms with Crippen LogP contribution in [-0.4, -0.2) is 61.0 Å². The van der Waals surface area contributed by atoms with Crippen molar-refractivity contribution in [2.24, 2.45) is 0 Å². The van der Waals surface area contributed by atoms with E-state index in [0.29, 0.717) is 22.7 Å². The number of likely N-dealkylation sites (tertiary alicyclic amines) is 1. The lowest BCUT2D eigenvalue weighted by Gasteiger charge is -2.32. The quantitative estimate of drug-likeness (QED) is 0.893. The summed E-state index contributed by atoms with van der Waals surface area (Å²) >= 11 is 0. The summed E-state index contributed by atoms with van der Waals surface area (Å²) in [5.41, 5.74) is 1.69. The molecule has 1 unspecified atom stereocenters. The van der Waals surface area contributed by atoms with Crippen molar-refractivity contribution in [3.05, 3.63) is 34.6 Å². The Morgan fingerprint density at radius 2 is 1.78 bits per heavy atom. The molecule has 6 heteroatoms. The van der Waals surface area contributed by atoms with Gasteiger partial charge in [0.1, 0.15) is 5.82 Å². The van der Waals surface area contributed by atoms with Gasteiger partial charge in [0.15, 0.2) is 0 Å². The molecular weight excluding hydrogens is 317 g/mol. The summed E-state index contributed by atoms with van der Waals surface area (Å²) < 4.78 is 13.7. The number of hydrogen-bond acceptors (Lipinski definition) is 3. The summed E-state index contributed by atoms with van der Waals surface area (Å²) in [5.74, 6) is -0.180. The largest absolute Gasteiger partial charge is 0.337 e. The van der Waals surface area contributed by atoms with E-state index in [2.05, 4.69) is 10.2 Å². The predicted molar refractivity (Wildman–Crippen MR) is 91.9 cm³/mol. The van der Waals surface area contributed by atoms with Crippen LogP contribution in [0, 0.1) is 19.7 Å². The lowest BCUT2D eigenvalue weighted by atomic mass is 10.1. The summed E-state index contributed by atoms with van der Waals surface area (Å²) in [4.78, 5) is 17.1. The van der Waals surface area contributed by atoms with Crippen molar-refractivity contribution in [3.8, 4) is 0 Å². The SMILES string of the molecule is Cc1cc(C(=O)N2CCC(N3CCNCC3)C2)cc(C)c1F.Cl. The van der Waals surface area contributed by atoms with E-state index in [9.17, 15) is 9.18 Å². The number of nitrogens with zero attached hydrogens (tertiary/aromatic N) is 2. The third-order valence-electron chi connectivity index (χ3n) is 4.80. The fraction of sp³-hybridized carbons (Fsp3) is 0.588. The molecule has 4 nitrogen and oxygen atoms in total. The van der Waals surface area contributed by atoms with E-state index >= 15 is 0 Å². The van der Waals surface area contributed by atoms with E-state index in [1.54, 1.807) is 26.0 Å². The number of carbonyl (C=O) groups is 1. The number of halogens is 2. The van der Waals surface area contributed by atoms with E-state index in [-0.39, 0.29) is 24.1 Å². The molecule has 0 radical (unpaired) electrons. The molecule has 0 saturated carbocycles. The van der Waals surface area contributed by atoms with Gasteiger partial charge in [-0.25, -0.2) is 4.39 Å². The van der Waals surface area contributed by atoms with Gasteiger partial charge in [-0.15, -0.1) is 12.4 Å². The van der Waals surface area contributed by atoms with E-state index in [1.807, 2.05) is 4.90 Å². The zero-order valence-corrected chi connectivity index (χ0v) is 14.6. The minimum absolute atomic E-state index is 0. The smallest absolute Gasteiger partial charge is 0.253 e. The number of aryl methyl sites for hydroxylation is 2. The first-order valence-corrected chi connectivity index (χ1v) is 8.07. The Labute approximate surface area is 143 Å². The van der Waals surface area contributed by atoms with Crippen LogP contribution < -0.4 is 5.32 Å². The van der Waals surface area contributed by atoms with Crippen LogP contribution in [0.4, 0.5) is 4.39 Å². The molecule has 2 aliphatic heterocycles. The highest BCUT2D eigenvalue weighted by atomic mass is 35.5. The molecular formula is C17H25ClFN3O. The molecule has 0 spiro atoms. The second-order valence-electron chi connectivity index (χ2n) is 6.40. The van der Waals surface area contributed by atoms with Crippen molar-refractivity contribution >= 4 is 18.3 Å². The number of benzene rings is 1. The van der Waals surface area contributed by atoms with Gasteiger partial charge in [-0.2, -0.15) is 0 Å². The molecule has 0 bridgehead atoms. The molecule has 1 aromatic rings. The van der Waals surface area contributed by atoms with Gasteiger partial charge < -0.3 is 10.2 Å². The van der Waals surface area contributed by atoms with Crippen LogP contribution in [0.25, 0.3) is 0 Å². The molecule has 1 amide bonds. The Morgan fingerprint density at radius 1 is 1.17 bits per heavy atom. The van der Waals surface area contributed by atoms with Crippen molar-refractivity contribution in [1.82, 2.24) is 15.1 Å². The van der Waals surface area contributed by atoms with E-state index < -0.39 is 0 Å². The van der Waals surface area contributed by atoms with Gasteiger partial charge >= 0.3 is 0 Å². The zero-order valence-electron chi connectivity index (χ0n) is 13.8. The number of piperazine rings is 1. The van der Waals surface area contributed by atoms with E-state index in [4.69, 9.17) is 0 Å². The average Bonchev–Trinajstić information content (AvgIpc) is 3.02. The maximum Gasteiger partial charge on any atom is 0.253 e. The molecule has 0 aliphatic carbocycles. The summed E-state index contributed by atoms with van der Waals surface area (Å²) in [6, 6.07) is 3.81. The van der Waals surface area contributed by atoms with Crippen LogP contribution in [0.2, 0.25) is 0 Å². The molecule has 1 N–H and O–H groups in total. The first-order chi connectivity index (χ1) is 10.6. The number of amides is 1. The van der Waals surface area contributed by atoms with E-state index in [0.717, 1.165) is 45.7 Å². The maximum absolute atomic E-state index is 13.7. The standard InChI is InChI=1S/C17H24FN3O.ClH/c1-12-9-14(10-13(2)16(12)18)17(22)21-6-3-15(11-21)20-7-4-19-5-8-20;/h9-10,15,19H,3-8,11H2,1-2H3;1H. The van der Waals surface area contributed by atoms with Crippen molar-refractivity contribution in [2.45, 2.75) is 26.3 Å². The van der Waals surface area contributed by atoms with Gasteiger partial charge in [0, 0.05) is 50.9 Å². The van der Waals surface area contributed by atoms with Crippen LogP contribution in [0.15, 0.2) is 12.1 Å². The van der Waals surface area contributed by atoms with Gasteiger partial charge in [-0.1, -0.05) is 0 Å². The Bertz CT molecular complexity index is 552. The Morgan fingerprint density at radius 3 is 2.39 bits per heavy atom. The molecule has 128 valence electrons. The van der Waals surface area contributed by atoms with Gasteiger partial charge in [0.2, 0.25) is 0 Å². The summed E-state index contributed by atoms with van der Waals surface area (Å²) in [7, 11) is 0. The Hall–Kier alpha value is -1.17. The molecule has 1 aromatic carbocycles. The third kappa shape index (κ3) is 3.84. The fourth-order valence-electron chi connectivity index (χ4n) is 3.52. The molecule has 3 rings (SSSR count). The normalized spacial score (nSPS) is 22.0. The molecule has 2 heterocycles. The minimum Gasteiger partial charge on any atom is -0.337 e. The molecule has 2 aliphatic rings. The molecule has 1 atom stereocenters. The lowest BCUT2D eigenvalue weighted by Crippen LogP contribution is -2.49. The highest BCUT2D eigenvalue weighted by molar-refractivity contribution is 5.94. The van der Waals surface area contributed by atoms with Crippen LogP contribution in [-0.2, 0) is 0 Å². The number of nitrogens with one attached hydrogen (secondary N) is 1. The van der Waals surface area contributed by atoms with Gasteiger partial charge in [-0.05, 0) is 43.5 Å². The number of rotatable bonds is 2. The van der Waals surface area contributed by atoms with Gasteiger partial charge in [0.25, 0.3) is 5.91 Å². The minimum atomic E-state index is -0.211. The average molecular weight is 342 g/mol. The zero-order chi connectivity index (χ0) is 15.7. The first kappa shape index (κ1) is 18.2. The topological polar surface area (TPSA) is 35.6 Å². The fourth-order valence-corrected chi connectivity index (χ4v) is 3.52. The predicted octanol–water partition coefficient (Wildman–Crippen LogP) is 1.98. The highest BCUT2D eigenvalue weighted by Gasteiger charge is 2.31. The van der Waals surface area contributed by atoms with Crippen LogP contribution >= 0.6 is 12.4 Å². The van der Waals surface area contributed by atoms with Crippen LogP contribution in [0.5, 0.6) is 0 Å². The lowest BCUT2D eigenvalue weighted by molar-refractivity contribution is 0.0773. The molecule has 2 fully saturated rings. The van der Waals surface area contributed by atoms with E-state index in [1.165, 1.54) is 0 Å². The Balaban J connectivity index is 0.00000192. The summed E-state index contributed by atoms with van der Waals surface area (Å²) in [6.07, 6.45) is 1.03. The van der Waals surface area contributed by atoms with Gasteiger partial charge in [-0.3, -0.25) is 9.69 Å². The monoisotopic (exact) mass is 341 g/mol. The third-order valence-corrected chi connectivity index (χ3v) is 4.80. The highest BCUT2D eigenvalue weighted by Crippen LogP contribution is 2.21. The second kappa shape index (κ2) is 7.60. The van der Waals surface area contributed by atoms with Crippen molar-refractivity contribution in [2.75, 3.05) is 39.3 Å². The molecule has 23 heavy (non-hydrogen) atoms. The Kier molecular flexibility index (Phi) is 6.00. The maximum atomic E-state index is 13.7. The second-order valence-corrected chi connectivity index (χ2v) is 6.40. The molecule has 2 saturated heterocycles. The number of hydrogen-bond donors (Lipinski definition) is 1. The van der Waals surface area contributed by atoms with Crippen LogP contribution in [0.1, 0.15) is 27.9 Å².